The number of benzene rings is 2. The van der Waals surface area contributed by atoms with Crippen molar-refractivity contribution in [1.29, 1.82) is 10.9 Å². The molecule has 0 aliphatic rings. The smallest absolute Gasteiger partial charge is 0.355 e. The molecule has 0 heterocycles. The van der Waals surface area contributed by atoms with Gasteiger partial charge in [0.1, 0.15) is 0 Å². The van der Waals surface area contributed by atoms with E-state index in [4.69, 9.17) is 10.9 Å². The lowest BCUT2D eigenvalue weighted by molar-refractivity contribution is -0.384. The van der Waals surface area contributed by atoms with Gasteiger partial charge in [0.15, 0.2) is 5.84 Å². The van der Waals surface area contributed by atoms with Crippen LogP contribution in [0.3, 0.4) is 0 Å². The molecular formula is C14H10F3N5O2. The average Bonchev–Trinajstić information content (AvgIpc) is 2.54. The first-order valence-electron chi connectivity index (χ1n) is 6.41. The number of amidine groups is 1. The van der Waals surface area contributed by atoms with Crippen molar-refractivity contribution in [3.8, 4) is 0 Å². The van der Waals surface area contributed by atoms with Gasteiger partial charge in [0.2, 0.25) is 0 Å². The van der Waals surface area contributed by atoms with Crippen LogP contribution < -0.4 is 5.32 Å². The molecule has 124 valence electrons. The van der Waals surface area contributed by atoms with E-state index in [0.29, 0.717) is 0 Å². The van der Waals surface area contributed by atoms with Crippen LogP contribution in [0.1, 0.15) is 11.1 Å². The van der Waals surface area contributed by atoms with E-state index < -0.39 is 22.5 Å². The Morgan fingerprint density at radius 2 is 1.79 bits per heavy atom. The van der Waals surface area contributed by atoms with E-state index in [1.165, 1.54) is 24.3 Å². The van der Waals surface area contributed by atoms with E-state index in [1.54, 1.807) is 0 Å². The molecule has 2 rings (SSSR count). The highest BCUT2D eigenvalue weighted by Crippen LogP contribution is 2.31. The highest BCUT2D eigenvalue weighted by Gasteiger charge is 2.30. The molecule has 0 aliphatic carbocycles. The van der Waals surface area contributed by atoms with Gasteiger partial charge in [-0.2, -0.15) is 13.2 Å². The van der Waals surface area contributed by atoms with Gasteiger partial charge in [0.25, 0.3) is 5.69 Å². The first-order valence-corrected chi connectivity index (χ1v) is 6.41. The Labute approximate surface area is 133 Å². The minimum absolute atomic E-state index is 0.0147. The van der Waals surface area contributed by atoms with Crippen LogP contribution in [0.25, 0.3) is 0 Å². The molecule has 0 saturated heterocycles. The van der Waals surface area contributed by atoms with Crippen LogP contribution in [0.5, 0.6) is 0 Å². The predicted octanol–water partition coefficient (Wildman–Crippen LogP) is 4.71. The molecule has 10 heteroatoms. The standard InChI is InChI=1S/C14H10F3N5O2/c15-14(16,17)8-1-3-9(4-2-8)20-12-6-5-10(22(23)24)7-11(12)13(18)21-19/h1-7,18-20H. The van der Waals surface area contributed by atoms with Crippen LogP contribution in [0.2, 0.25) is 0 Å². The Hall–Kier alpha value is -3.30. The number of nitrogens with zero attached hydrogens (tertiary/aromatic N) is 2. The van der Waals surface area contributed by atoms with E-state index in [0.717, 1.165) is 18.2 Å². The van der Waals surface area contributed by atoms with Crippen LogP contribution in [-0.4, -0.2) is 10.8 Å². The first-order chi connectivity index (χ1) is 11.2. The molecular weight excluding hydrogens is 327 g/mol. The summed E-state index contributed by atoms with van der Waals surface area (Å²) in [4.78, 5) is 10.1. The summed E-state index contributed by atoms with van der Waals surface area (Å²) in [5, 5.41) is 24.1. The number of hydrogen-bond donors (Lipinski definition) is 3. The molecule has 0 radical (unpaired) electrons. The van der Waals surface area contributed by atoms with Gasteiger partial charge in [-0.3, -0.25) is 15.5 Å². The number of nitro groups is 1. The Kier molecular flexibility index (Phi) is 4.58. The van der Waals surface area contributed by atoms with E-state index in [1.807, 2.05) is 0 Å². The SMILES string of the molecule is N=NC(=N)c1cc([N+](=O)[O-])ccc1Nc1ccc(C(F)(F)F)cc1. The summed E-state index contributed by atoms with van der Waals surface area (Å²) in [6.07, 6.45) is -4.46. The van der Waals surface area contributed by atoms with Gasteiger partial charge in [0.05, 0.1) is 21.7 Å². The third-order valence-electron chi connectivity index (χ3n) is 3.07. The van der Waals surface area contributed by atoms with Gasteiger partial charge in [-0.1, -0.05) is 0 Å². The number of non-ortho nitro benzene ring substituents is 1. The van der Waals surface area contributed by atoms with Gasteiger partial charge in [-0.05, 0) is 30.3 Å². The van der Waals surface area contributed by atoms with Gasteiger partial charge in [0, 0.05) is 17.8 Å². The number of halogens is 3. The van der Waals surface area contributed by atoms with Crippen LogP contribution in [-0.2, 0) is 6.18 Å². The number of alkyl halides is 3. The lowest BCUT2D eigenvalue weighted by atomic mass is 10.1. The van der Waals surface area contributed by atoms with Crippen molar-refractivity contribution in [2.45, 2.75) is 6.18 Å². The summed E-state index contributed by atoms with van der Waals surface area (Å²) in [5.41, 5.74) is 6.25. The molecule has 3 N–H and O–H groups in total. The van der Waals surface area contributed by atoms with Crippen molar-refractivity contribution in [2.75, 3.05) is 5.32 Å². The van der Waals surface area contributed by atoms with E-state index in [9.17, 15) is 23.3 Å². The minimum atomic E-state index is -4.46. The van der Waals surface area contributed by atoms with Crippen molar-refractivity contribution in [1.82, 2.24) is 0 Å². The van der Waals surface area contributed by atoms with Gasteiger partial charge in [-0.25, -0.2) is 5.53 Å². The fourth-order valence-corrected chi connectivity index (χ4v) is 1.91. The Bertz CT molecular complexity index is 803. The van der Waals surface area contributed by atoms with Crippen molar-refractivity contribution in [2.24, 2.45) is 5.11 Å². The van der Waals surface area contributed by atoms with E-state index in [2.05, 4.69) is 10.4 Å². The van der Waals surface area contributed by atoms with Crippen molar-refractivity contribution in [3.05, 3.63) is 63.7 Å². The summed E-state index contributed by atoms with van der Waals surface area (Å²) in [6, 6.07) is 7.68. The molecule has 0 aliphatic heterocycles. The van der Waals surface area contributed by atoms with Gasteiger partial charge >= 0.3 is 6.18 Å². The molecule has 2 aromatic carbocycles. The second kappa shape index (κ2) is 6.44. The lowest BCUT2D eigenvalue weighted by Gasteiger charge is -2.12. The summed E-state index contributed by atoms with van der Waals surface area (Å²) in [6.45, 7) is 0. The van der Waals surface area contributed by atoms with E-state index >= 15 is 0 Å². The van der Waals surface area contributed by atoms with Gasteiger partial charge < -0.3 is 5.32 Å². The maximum atomic E-state index is 12.5. The predicted molar refractivity (Wildman–Crippen MR) is 79.8 cm³/mol. The molecule has 0 atom stereocenters. The van der Waals surface area contributed by atoms with Gasteiger partial charge in [-0.15, -0.1) is 5.11 Å². The first kappa shape index (κ1) is 17.1. The molecule has 0 spiro atoms. The zero-order valence-electron chi connectivity index (χ0n) is 11.9. The summed E-state index contributed by atoms with van der Waals surface area (Å²) < 4.78 is 37.6. The number of anilines is 2. The maximum absolute atomic E-state index is 12.5. The normalized spacial score (nSPS) is 11.0. The molecule has 0 saturated carbocycles. The van der Waals surface area contributed by atoms with E-state index in [-0.39, 0.29) is 22.6 Å². The largest absolute Gasteiger partial charge is 0.416 e. The Morgan fingerprint density at radius 3 is 2.29 bits per heavy atom. The summed E-state index contributed by atoms with van der Waals surface area (Å²) in [5.74, 6) is -0.520. The molecule has 0 amide bonds. The van der Waals surface area contributed by atoms with Crippen molar-refractivity contribution >= 4 is 22.9 Å². The molecule has 7 nitrogen and oxygen atoms in total. The Balaban J connectivity index is 2.36. The third-order valence-corrected chi connectivity index (χ3v) is 3.07. The minimum Gasteiger partial charge on any atom is -0.355 e. The van der Waals surface area contributed by atoms with Crippen molar-refractivity contribution in [3.63, 3.8) is 0 Å². The number of nitro benzene ring substituents is 1. The highest BCUT2D eigenvalue weighted by molar-refractivity contribution is 6.02. The maximum Gasteiger partial charge on any atom is 0.416 e. The van der Waals surface area contributed by atoms with Crippen LogP contribution in [0.15, 0.2) is 47.6 Å². The Morgan fingerprint density at radius 1 is 1.17 bits per heavy atom. The number of rotatable bonds is 4. The molecule has 0 aromatic heterocycles. The fourth-order valence-electron chi connectivity index (χ4n) is 1.91. The second-order valence-corrected chi connectivity index (χ2v) is 4.65. The summed E-state index contributed by atoms with van der Waals surface area (Å²) >= 11 is 0. The van der Waals surface area contributed by atoms with Crippen LogP contribution >= 0.6 is 0 Å². The fraction of sp³-hybridized carbons (Fsp3) is 0.0714. The van der Waals surface area contributed by atoms with Crippen molar-refractivity contribution < 1.29 is 18.1 Å². The van der Waals surface area contributed by atoms with Crippen LogP contribution in [0, 0.1) is 21.1 Å². The molecule has 0 bridgehead atoms. The zero-order valence-corrected chi connectivity index (χ0v) is 11.9. The number of nitrogens with one attached hydrogen (secondary N) is 3. The number of hydrogen-bond acceptors (Lipinski definition) is 5. The second-order valence-electron chi connectivity index (χ2n) is 4.65. The molecule has 2 aromatic rings. The molecule has 0 unspecified atom stereocenters. The molecule has 0 fully saturated rings. The van der Waals surface area contributed by atoms with Crippen LogP contribution in [0.4, 0.5) is 30.2 Å². The zero-order chi connectivity index (χ0) is 17.9. The summed E-state index contributed by atoms with van der Waals surface area (Å²) in [7, 11) is 0. The average molecular weight is 337 g/mol. The lowest BCUT2D eigenvalue weighted by Crippen LogP contribution is -2.05. The quantitative estimate of drug-likeness (QED) is 0.246. The third kappa shape index (κ3) is 3.72. The highest BCUT2D eigenvalue weighted by atomic mass is 19.4. The monoisotopic (exact) mass is 337 g/mol. The molecule has 24 heavy (non-hydrogen) atoms. The topological polar surface area (TPSA) is 115 Å².